The third-order valence-electron chi connectivity index (χ3n) is 4.42. The minimum atomic E-state index is -1.11. The first-order chi connectivity index (χ1) is 15.2. The number of hydrogen-bond acceptors (Lipinski definition) is 9. The highest BCUT2D eigenvalue weighted by Gasteiger charge is 2.49. The SMILES string of the molecule is CC(=O)OCC1O[C@H](SCCc2cccc(Cl)c2)C(OC(C)=O)C(N=[N+]=[N-])[C@H]1OC(C)=O. The lowest BCUT2D eigenvalue weighted by molar-refractivity contribution is -0.201. The van der Waals surface area contributed by atoms with Crippen LogP contribution in [-0.4, -0.2) is 60.1 Å². The maximum atomic E-state index is 11.8. The molecule has 32 heavy (non-hydrogen) atoms. The summed E-state index contributed by atoms with van der Waals surface area (Å²) in [6.45, 7) is 3.39. The van der Waals surface area contributed by atoms with Crippen molar-refractivity contribution in [2.45, 2.75) is 57.0 Å². The Bertz CT molecular complexity index is 881. The fourth-order valence-electron chi connectivity index (χ4n) is 3.19. The molecule has 0 spiro atoms. The quantitative estimate of drug-likeness (QED) is 0.170. The molecule has 2 rings (SSSR count). The van der Waals surface area contributed by atoms with Crippen molar-refractivity contribution >= 4 is 41.3 Å². The standard InChI is InChI=1S/C20H24ClN3O7S/c1-11(25)28-10-16-18(29-12(2)26)17(23-24-22)19(30-13(3)27)20(31-16)32-8-7-14-5-4-6-15(21)9-14/h4-6,9,16-20H,7-8,10H2,1-3H3/t16?,17?,18-,19?,20+/m0/s1. The van der Waals surface area contributed by atoms with Crippen molar-refractivity contribution < 1.29 is 33.3 Å². The van der Waals surface area contributed by atoms with E-state index in [1.807, 2.05) is 18.2 Å². The van der Waals surface area contributed by atoms with E-state index in [1.54, 1.807) is 6.07 Å². The van der Waals surface area contributed by atoms with Crippen LogP contribution in [0.4, 0.5) is 0 Å². The van der Waals surface area contributed by atoms with Crippen LogP contribution in [0.25, 0.3) is 10.4 Å². The van der Waals surface area contributed by atoms with E-state index in [9.17, 15) is 14.4 Å². The van der Waals surface area contributed by atoms with Crippen molar-refractivity contribution in [2.75, 3.05) is 12.4 Å². The Kier molecular flexibility index (Phi) is 10.1. The summed E-state index contributed by atoms with van der Waals surface area (Å²) in [5.41, 5.74) is 9.34. The zero-order valence-corrected chi connectivity index (χ0v) is 19.4. The molecule has 1 aromatic carbocycles. The van der Waals surface area contributed by atoms with Gasteiger partial charge in [-0.2, -0.15) is 0 Å². The first-order valence-electron chi connectivity index (χ1n) is 9.74. The summed E-state index contributed by atoms with van der Waals surface area (Å²) in [6.07, 6.45) is -2.41. The summed E-state index contributed by atoms with van der Waals surface area (Å²) in [4.78, 5) is 37.6. The number of benzene rings is 1. The molecule has 1 heterocycles. The highest BCUT2D eigenvalue weighted by Crippen LogP contribution is 2.34. The van der Waals surface area contributed by atoms with Crippen LogP contribution in [0.2, 0.25) is 5.02 Å². The van der Waals surface area contributed by atoms with Crippen molar-refractivity contribution in [3.8, 4) is 0 Å². The summed E-state index contributed by atoms with van der Waals surface area (Å²) < 4.78 is 21.8. The van der Waals surface area contributed by atoms with E-state index in [0.717, 1.165) is 5.56 Å². The van der Waals surface area contributed by atoms with Crippen molar-refractivity contribution in [1.29, 1.82) is 0 Å². The molecular formula is C20H24ClN3O7S. The number of carbonyl (C=O) groups is 3. The van der Waals surface area contributed by atoms with Crippen molar-refractivity contribution in [3.63, 3.8) is 0 Å². The highest BCUT2D eigenvalue weighted by atomic mass is 35.5. The van der Waals surface area contributed by atoms with Gasteiger partial charge in [-0.1, -0.05) is 28.8 Å². The fourth-order valence-corrected chi connectivity index (χ4v) is 4.62. The monoisotopic (exact) mass is 485 g/mol. The van der Waals surface area contributed by atoms with Crippen LogP contribution in [0.15, 0.2) is 29.4 Å². The average Bonchev–Trinajstić information content (AvgIpc) is 2.70. The van der Waals surface area contributed by atoms with E-state index >= 15 is 0 Å². The molecule has 0 amide bonds. The second kappa shape index (κ2) is 12.5. The Balaban J connectivity index is 2.26. The van der Waals surface area contributed by atoms with E-state index in [0.29, 0.717) is 17.2 Å². The summed E-state index contributed by atoms with van der Waals surface area (Å²) in [7, 11) is 0. The molecule has 0 aliphatic carbocycles. The van der Waals surface area contributed by atoms with Crippen molar-refractivity contribution in [1.82, 2.24) is 0 Å². The van der Waals surface area contributed by atoms with Gasteiger partial charge in [-0.15, -0.1) is 11.8 Å². The maximum absolute atomic E-state index is 11.8. The van der Waals surface area contributed by atoms with Crippen LogP contribution >= 0.6 is 23.4 Å². The smallest absolute Gasteiger partial charge is 0.303 e. The van der Waals surface area contributed by atoms with Gasteiger partial charge in [0.2, 0.25) is 0 Å². The minimum absolute atomic E-state index is 0.233. The third kappa shape index (κ3) is 7.90. The lowest BCUT2D eigenvalue weighted by Gasteiger charge is -2.43. The topological polar surface area (TPSA) is 137 Å². The number of ether oxygens (including phenoxy) is 4. The van der Waals surface area contributed by atoms with Crippen LogP contribution in [0.5, 0.6) is 0 Å². The Morgan fingerprint density at radius 3 is 2.44 bits per heavy atom. The molecule has 0 bridgehead atoms. The Labute approximate surface area is 194 Å². The molecule has 5 atom stereocenters. The minimum Gasteiger partial charge on any atom is -0.463 e. The molecule has 0 radical (unpaired) electrons. The lowest BCUT2D eigenvalue weighted by Crippen LogP contribution is -2.59. The number of thioether (sulfide) groups is 1. The Hall–Kier alpha value is -2.46. The molecule has 0 N–H and O–H groups in total. The molecule has 1 fully saturated rings. The van der Waals surface area contributed by atoms with Crippen molar-refractivity contribution in [3.05, 3.63) is 45.3 Å². The molecule has 1 aliphatic rings. The predicted octanol–water partition coefficient (Wildman–Crippen LogP) is 3.45. The molecule has 1 aromatic rings. The summed E-state index contributed by atoms with van der Waals surface area (Å²) in [5, 5.41) is 4.35. The number of aryl methyl sites for hydroxylation is 1. The van der Waals surface area contributed by atoms with Crippen LogP contribution in [0, 0.1) is 0 Å². The van der Waals surface area contributed by atoms with E-state index in [-0.39, 0.29) is 6.61 Å². The van der Waals surface area contributed by atoms with Gasteiger partial charge in [0.05, 0.1) is 0 Å². The molecular weight excluding hydrogens is 462 g/mol. The zero-order chi connectivity index (χ0) is 23.7. The number of azide groups is 1. The van der Waals surface area contributed by atoms with Gasteiger partial charge in [0.1, 0.15) is 36.4 Å². The van der Waals surface area contributed by atoms with Gasteiger partial charge in [-0.3, -0.25) is 14.4 Å². The van der Waals surface area contributed by atoms with Crippen molar-refractivity contribution in [2.24, 2.45) is 5.11 Å². The number of hydrogen-bond donors (Lipinski definition) is 0. The molecule has 12 heteroatoms. The van der Waals surface area contributed by atoms with E-state index in [2.05, 4.69) is 10.0 Å². The Morgan fingerprint density at radius 1 is 1.16 bits per heavy atom. The third-order valence-corrected chi connectivity index (χ3v) is 5.80. The van der Waals surface area contributed by atoms with E-state index in [1.165, 1.54) is 32.5 Å². The number of carbonyl (C=O) groups excluding carboxylic acids is 3. The highest BCUT2D eigenvalue weighted by molar-refractivity contribution is 7.99. The summed E-state index contributed by atoms with van der Waals surface area (Å²) in [6, 6.07) is 6.32. The summed E-state index contributed by atoms with van der Waals surface area (Å²) >= 11 is 7.36. The average molecular weight is 486 g/mol. The molecule has 10 nitrogen and oxygen atoms in total. The van der Waals surface area contributed by atoms with E-state index < -0.39 is 47.7 Å². The fraction of sp³-hybridized carbons (Fsp3) is 0.550. The molecule has 0 saturated carbocycles. The first kappa shape index (κ1) is 25.8. The molecule has 0 aromatic heterocycles. The predicted molar refractivity (Wildman–Crippen MR) is 117 cm³/mol. The lowest BCUT2D eigenvalue weighted by atomic mass is 9.97. The summed E-state index contributed by atoms with van der Waals surface area (Å²) in [5.74, 6) is -1.26. The first-order valence-corrected chi connectivity index (χ1v) is 11.2. The van der Waals surface area contributed by atoms with Gasteiger partial charge >= 0.3 is 17.9 Å². The Morgan fingerprint density at radius 2 is 1.84 bits per heavy atom. The van der Waals surface area contributed by atoms with Gasteiger partial charge in [-0.25, -0.2) is 0 Å². The van der Waals surface area contributed by atoms with Crippen LogP contribution in [0.3, 0.4) is 0 Å². The molecule has 1 aliphatic heterocycles. The molecule has 3 unspecified atom stereocenters. The number of esters is 3. The van der Waals surface area contributed by atoms with Gasteiger partial charge < -0.3 is 18.9 Å². The zero-order valence-electron chi connectivity index (χ0n) is 17.8. The number of halogens is 1. The van der Waals surface area contributed by atoms with Gasteiger partial charge in [0, 0.05) is 30.7 Å². The number of rotatable bonds is 9. The maximum Gasteiger partial charge on any atom is 0.303 e. The molecule has 174 valence electrons. The van der Waals surface area contributed by atoms with Crippen LogP contribution in [-0.2, 0) is 39.8 Å². The van der Waals surface area contributed by atoms with Crippen LogP contribution < -0.4 is 0 Å². The van der Waals surface area contributed by atoms with E-state index in [4.69, 9.17) is 36.1 Å². The molecule has 1 saturated heterocycles. The van der Waals surface area contributed by atoms with Crippen LogP contribution in [0.1, 0.15) is 26.3 Å². The number of nitrogens with zero attached hydrogens (tertiary/aromatic N) is 3. The van der Waals surface area contributed by atoms with Gasteiger partial charge in [0.15, 0.2) is 0 Å². The van der Waals surface area contributed by atoms with Gasteiger partial charge in [0.25, 0.3) is 0 Å². The normalized spacial score (nSPS) is 24.7. The second-order valence-corrected chi connectivity index (χ2v) is 8.58. The largest absolute Gasteiger partial charge is 0.463 e. The van der Waals surface area contributed by atoms with Gasteiger partial charge in [-0.05, 0) is 35.4 Å². The second-order valence-electron chi connectivity index (χ2n) is 6.94.